The van der Waals surface area contributed by atoms with Gasteiger partial charge in [-0.05, 0) is 50.7 Å². The molecule has 2 rings (SSSR count). The average molecular weight is 391 g/mol. The number of nitrogens with one attached hydrogen (secondary N) is 2. The molecule has 25 heavy (non-hydrogen) atoms. The van der Waals surface area contributed by atoms with E-state index in [2.05, 4.69) is 21.6 Å². The standard InChI is InChI=1S/C17H26N4O2.2ClH/c1-19-8-5-16(22)20-15-4-2-3-13(11-15)12-21-9-6-14(7-10-21)17(18)23;;/h2-4,11,14,19H,5-10,12H2,1H3,(H2,18,23)(H,20,22);2*1H. The van der Waals surface area contributed by atoms with Gasteiger partial charge in [-0.15, -0.1) is 24.8 Å². The van der Waals surface area contributed by atoms with Crippen LogP contribution in [-0.2, 0) is 16.1 Å². The number of carbonyl (C=O) groups excluding carboxylic acids is 2. The fraction of sp³-hybridized carbons (Fsp3) is 0.529. The summed E-state index contributed by atoms with van der Waals surface area (Å²) in [7, 11) is 1.83. The van der Waals surface area contributed by atoms with Gasteiger partial charge in [0, 0.05) is 31.1 Å². The molecule has 6 nitrogen and oxygen atoms in total. The minimum Gasteiger partial charge on any atom is -0.369 e. The summed E-state index contributed by atoms with van der Waals surface area (Å²) in [5.41, 5.74) is 7.35. The molecule has 0 unspecified atom stereocenters. The lowest BCUT2D eigenvalue weighted by molar-refractivity contribution is -0.123. The van der Waals surface area contributed by atoms with Gasteiger partial charge in [-0.25, -0.2) is 0 Å². The normalized spacial score (nSPS) is 14.9. The van der Waals surface area contributed by atoms with Crippen LogP contribution in [0.25, 0.3) is 0 Å². The number of amides is 2. The lowest BCUT2D eigenvalue weighted by Gasteiger charge is -2.30. The predicted octanol–water partition coefficient (Wildman–Crippen LogP) is 1.78. The molecule has 142 valence electrons. The zero-order valence-corrected chi connectivity index (χ0v) is 16.1. The van der Waals surface area contributed by atoms with Gasteiger partial charge < -0.3 is 16.4 Å². The highest BCUT2D eigenvalue weighted by atomic mass is 35.5. The predicted molar refractivity (Wildman–Crippen MR) is 105 cm³/mol. The molecular weight excluding hydrogens is 363 g/mol. The number of hydrogen-bond acceptors (Lipinski definition) is 4. The molecule has 0 radical (unpaired) electrons. The van der Waals surface area contributed by atoms with Crippen LogP contribution in [0.5, 0.6) is 0 Å². The zero-order chi connectivity index (χ0) is 16.7. The number of nitrogens with two attached hydrogens (primary N) is 1. The molecule has 1 aromatic carbocycles. The number of benzene rings is 1. The van der Waals surface area contributed by atoms with E-state index in [0.29, 0.717) is 13.0 Å². The number of carbonyl (C=O) groups is 2. The number of nitrogens with zero attached hydrogens (tertiary/aromatic N) is 1. The lowest BCUT2D eigenvalue weighted by atomic mass is 9.96. The van der Waals surface area contributed by atoms with E-state index in [-0.39, 0.29) is 42.5 Å². The molecule has 1 aliphatic heterocycles. The molecule has 0 saturated carbocycles. The van der Waals surface area contributed by atoms with E-state index in [4.69, 9.17) is 5.73 Å². The first-order valence-corrected chi connectivity index (χ1v) is 8.13. The van der Waals surface area contributed by atoms with Crippen molar-refractivity contribution in [3.63, 3.8) is 0 Å². The summed E-state index contributed by atoms with van der Waals surface area (Å²) in [5, 5.41) is 5.88. The van der Waals surface area contributed by atoms with Crippen LogP contribution < -0.4 is 16.4 Å². The van der Waals surface area contributed by atoms with Gasteiger partial charge in [0.25, 0.3) is 0 Å². The molecule has 1 aromatic rings. The summed E-state index contributed by atoms with van der Waals surface area (Å²) in [5.74, 6) is -0.154. The van der Waals surface area contributed by atoms with Gasteiger partial charge in [0.05, 0.1) is 0 Å². The Morgan fingerprint density at radius 3 is 2.52 bits per heavy atom. The van der Waals surface area contributed by atoms with Gasteiger partial charge in [0.15, 0.2) is 0 Å². The van der Waals surface area contributed by atoms with E-state index in [1.54, 1.807) is 0 Å². The Morgan fingerprint density at radius 1 is 1.24 bits per heavy atom. The third kappa shape index (κ3) is 8.05. The van der Waals surface area contributed by atoms with Crippen LogP contribution in [0.1, 0.15) is 24.8 Å². The Morgan fingerprint density at radius 2 is 1.92 bits per heavy atom. The Balaban J connectivity index is 0.00000288. The molecule has 0 spiro atoms. The highest BCUT2D eigenvalue weighted by Gasteiger charge is 2.22. The molecule has 1 heterocycles. The molecule has 1 aliphatic rings. The van der Waals surface area contributed by atoms with Crippen molar-refractivity contribution in [3.8, 4) is 0 Å². The van der Waals surface area contributed by atoms with Gasteiger partial charge in [-0.2, -0.15) is 0 Å². The number of piperidine rings is 1. The van der Waals surface area contributed by atoms with Gasteiger partial charge in [-0.1, -0.05) is 12.1 Å². The van der Waals surface area contributed by atoms with Crippen molar-refractivity contribution in [2.45, 2.75) is 25.8 Å². The molecule has 0 aromatic heterocycles. The minimum atomic E-state index is -0.184. The van der Waals surface area contributed by atoms with Crippen molar-refractivity contribution in [1.82, 2.24) is 10.2 Å². The first-order chi connectivity index (χ1) is 11.1. The van der Waals surface area contributed by atoms with E-state index in [1.807, 2.05) is 25.2 Å². The molecule has 0 aliphatic carbocycles. The molecule has 0 atom stereocenters. The summed E-state index contributed by atoms with van der Waals surface area (Å²) in [6.45, 7) is 3.25. The van der Waals surface area contributed by atoms with Crippen LogP contribution in [-0.4, -0.2) is 43.4 Å². The number of rotatable bonds is 7. The van der Waals surface area contributed by atoms with Gasteiger partial charge in [-0.3, -0.25) is 14.5 Å². The molecule has 4 N–H and O–H groups in total. The van der Waals surface area contributed by atoms with Gasteiger partial charge in [0.1, 0.15) is 0 Å². The highest BCUT2D eigenvalue weighted by molar-refractivity contribution is 5.90. The Hall–Kier alpha value is -1.34. The maximum absolute atomic E-state index is 11.8. The van der Waals surface area contributed by atoms with Crippen molar-refractivity contribution in [2.75, 3.05) is 32.0 Å². The number of halogens is 2. The number of hydrogen-bond donors (Lipinski definition) is 3. The van der Waals surface area contributed by atoms with Crippen LogP contribution in [0.3, 0.4) is 0 Å². The number of anilines is 1. The van der Waals surface area contributed by atoms with Crippen LogP contribution in [0.4, 0.5) is 5.69 Å². The van der Waals surface area contributed by atoms with Crippen molar-refractivity contribution < 1.29 is 9.59 Å². The number of primary amides is 1. The summed E-state index contributed by atoms with van der Waals surface area (Å²) in [6, 6.07) is 7.93. The van der Waals surface area contributed by atoms with Crippen molar-refractivity contribution in [2.24, 2.45) is 11.7 Å². The van der Waals surface area contributed by atoms with E-state index >= 15 is 0 Å². The second-order valence-corrected chi connectivity index (χ2v) is 6.05. The van der Waals surface area contributed by atoms with E-state index < -0.39 is 0 Å². The molecule has 2 amide bonds. The van der Waals surface area contributed by atoms with E-state index in [0.717, 1.165) is 43.7 Å². The first-order valence-electron chi connectivity index (χ1n) is 8.13. The second kappa shape index (κ2) is 12.1. The molecule has 1 fully saturated rings. The molecule has 8 heteroatoms. The smallest absolute Gasteiger partial charge is 0.225 e. The molecule has 1 saturated heterocycles. The summed E-state index contributed by atoms with van der Waals surface area (Å²) >= 11 is 0. The monoisotopic (exact) mass is 390 g/mol. The van der Waals surface area contributed by atoms with Crippen LogP contribution >= 0.6 is 24.8 Å². The quantitative estimate of drug-likeness (QED) is 0.661. The van der Waals surface area contributed by atoms with Gasteiger partial charge in [0.2, 0.25) is 11.8 Å². The fourth-order valence-electron chi connectivity index (χ4n) is 2.84. The third-order valence-corrected chi connectivity index (χ3v) is 4.21. The van der Waals surface area contributed by atoms with E-state index in [9.17, 15) is 9.59 Å². The highest BCUT2D eigenvalue weighted by Crippen LogP contribution is 2.20. The summed E-state index contributed by atoms with van der Waals surface area (Å²) in [6.07, 6.45) is 2.12. The second-order valence-electron chi connectivity index (χ2n) is 6.05. The van der Waals surface area contributed by atoms with Crippen molar-refractivity contribution in [1.29, 1.82) is 0 Å². The largest absolute Gasteiger partial charge is 0.369 e. The Labute approximate surface area is 161 Å². The maximum atomic E-state index is 11.8. The van der Waals surface area contributed by atoms with Gasteiger partial charge >= 0.3 is 0 Å². The van der Waals surface area contributed by atoms with Crippen molar-refractivity contribution in [3.05, 3.63) is 29.8 Å². The summed E-state index contributed by atoms with van der Waals surface area (Å²) in [4.78, 5) is 25.3. The topological polar surface area (TPSA) is 87.5 Å². The molecular formula is C17H28Cl2N4O2. The van der Waals surface area contributed by atoms with Crippen LogP contribution in [0.15, 0.2) is 24.3 Å². The molecule has 0 bridgehead atoms. The Kier molecular flexibility index (Phi) is 11.4. The lowest BCUT2D eigenvalue weighted by Crippen LogP contribution is -2.38. The van der Waals surface area contributed by atoms with Crippen LogP contribution in [0.2, 0.25) is 0 Å². The SMILES string of the molecule is CNCCC(=O)Nc1cccc(CN2CCC(C(N)=O)CC2)c1.Cl.Cl. The van der Waals surface area contributed by atoms with Crippen LogP contribution in [0, 0.1) is 5.92 Å². The Bertz CT molecular complexity index is 549. The average Bonchev–Trinajstić information content (AvgIpc) is 2.54. The van der Waals surface area contributed by atoms with E-state index in [1.165, 1.54) is 0 Å². The fourth-order valence-corrected chi connectivity index (χ4v) is 2.84. The third-order valence-electron chi connectivity index (χ3n) is 4.21. The van der Waals surface area contributed by atoms with Crippen molar-refractivity contribution >= 4 is 42.3 Å². The maximum Gasteiger partial charge on any atom is 0.225 e. The zero-order valence-electron chi connectivity index (χ0n) is 14.5. The minimum absolute atomic E-state index is 0. The summed E-state index contributed by atoms with van der Waals surface area (Å²) < 4.78 is 0. The first kappa shape index (κ1) is 23.7. The number of likely N-dealkylation sites (tertiary alicyclic amines) is 1.